The highest BCUT2D eigenvalue weighted by molar-refractivity contribution is 5.86. The Hall–Kier alpha value is -2.79. The highest BCUT2D eigenvalue weighted by atomic mass is 16.8. The van der Waals surface area contributed by atoms with Crippen molar-refractivity contribution in [3.8, 4) is 11.3 Å². The summed E-state index contributed by atoms with van der Waals surface area (Å²) in [6.45, 7) is 13.4. The average Bonchev–Trinajstić information content (AvgIpc) is 3.45. The molecule has 1 aliphatic carbocycles. The first-order chi connectivity index (χ1) is 17.9. The molecule has 0 aromatic carbocycles. The number of aryl methyl sites for hydroxylation is 1. The second kappa shape index (κ2) is 9.75. The highest BCUT2D eigenvalue weighted by Crippen LogP contribution is 2.50. The minimum absolute atomic E-state index is 0.0297. The molecule has 0 radical (unpaired) electrons. The predicted molar refractivity (Wildman–Crippen MR) is 145 cm³/mol. The zero-order chi connectivity index (χ0) is 27.3. The van der Waals surface area contributed by atoms with Gasteiger partial charge in [0.05, 0.1) is 29.8 Å². The molecule has 1 aliphatic heterocycles. The van der Waals surface area contributed by atoms with E-state index in [-0.39, 0.29) is 24.0 Å². The molecule has 3 aromatic heterocycles. The lowest BCUT2D eigenvalue weighted by Crippen LogP contribution is -2.46. The first kappa shape index (κ1) is 26.8. The monoisotopic (exact) mass is 525 g/mol. The number of pyridine rings is 1. The van der Waals surface area contributed by atoms with E-state index >= 15 is 0 Å². The number of hydrogen-bond donors (Lipinski definition) is 3. The summed E-state index contributed by atoms with van der Waals surface area (Å²) in [5.74, 6) is 0.894. The van der Waals surface area contributed by atoms with Gasteiger partial charge in [-0.3, -0.25) is 4.98 Å². The second-order valence-corrected chi connectivity index (χ2v) is 12.1. The van der Waals surface area contributed by atoms with Gasteiger partial charge in [-0.1, -0.05) is 20.8 Å². The molecule has 2 aliphatic rings. The Morgan fingerprint density at radius 3 is 2.71 bits per heavy atom. The summed E-state index contributed by atoms with van der Waals surface area (Å²) in [6.07, 6.45) is 2.83. The molecule has 4 heterocycles. The normalized spacial score (nSPS) is 24.6. The van der Waals surface area contributed by atoms with Gasteiger partial charge in [-0.2, -0.15) is 4.98 Å². The minimum Gasteiger partial charge on any atom is -0.454 e. The summed E-state index contributed by atoms with van der Waals surface area (Å²) < 4.78 is 24.3. The third-order valence-corrected chi connectivity index (χ3v) is 7.04. The van der Waals surface area contributed by atoms with Crippen LogP contribution in [0.5, 0.6) is 0 Å². The summed E-state index contributed by atoms with van der Waals surface area (Å²) in [4.78, 5) is 14.1. The molecule has 5 rings (SSSR count). The number of aromatic nitrogens is 3. The average molecular weight is 526 g/mol. The Morgan fingerprint density at radius 1 is 1.21 bits per heavy atom. The number of aliphatic hydroxyl groups is 1. The van der Waals surface area contributed by atoms with E-state index in [1.54, 1.807) is 13.3 Å². The second-order valence-electron chi connectivity index (χ2n) is 12.1. The number of anilines is 2. The molecule has 1 saturated heterocycles. The van der Waals surface area contributed by atoms with Gasteiger partial charge in [-0.05, 0) is 51.2 Å². The first-order valence-electron chi connectivity index (χ1n) is 13.2. The lowest BCUT2D eigenvalue weighted by atomic mass is 9.97. The van der Waals surface area contributed by atoms with Crippen LogP contribution in [-0.2, 0) is 20.8 Å². The quantitative estimate of drug-likeness (QED) is 0.376. The van der Waals surface area contributed by atoms with Crippen molar-refractivity contribution in [2.75, 3.05) is 30.9 Å². The van der Waals surface area contributed by atoms with Crippen LogP contribution in [0.1, 0.15) is 58.8 Å². The van der Waals surface area contributed by atoms with Crippen molar-refractivity contribution in [1.29, 1.82) is 0 Å². The third-order valence-electron chi connectivity index (χ3n) is 7.04. The van der Waals surface area contributed by atoms with Crippen molar-refractivity contribution in [2.24, 2.45) is 11.3 Å². The van der Waals surface area contributed by atoms with Crippen molar-refractivity contribution in [2.45, 2.75) is 78.6 Å². The molecule has 3 N–H and O–H groups in total. The molecule has 10 heteroatoms. The van der Waals surface area contributed by atoms with Crippen LogP contribution in [0, 0.1) is 18.3 Å². The number of fused-ring (bicyclic) bond motifs is 2. The van der Waals surface area contributed by atoms with Gasteiger partial charge in [0.25, 0.3) is 0 Å². The van der Waals surface area contributed by atoms with Gasteiger partial charge < -0.3 is 34.4 Å². The number of furan rings is 1. The van der Waals surface area contributed by atoms with E-state index in [9.17, 15) is 5.11 Å². The fourth-order valence-corrected chi connectivity index (χ4v) is 5.41. The summed E-state index contributed by atoms with van der Waals surface area (Å²) in [6, 6.07) is 3.94. The number of methoxy groups -OCH3 is 1. The minimum atomic E-state index is -0.840. The van der Waals surface area contributed by atoms with Crippen LogP contribution < -0.4 is 10.6 Å². The Labute approximate surface area is 223 Å². The van der Waals surface area contributed by atoms with E-state index in [4.69, 9.17) is 28.6 Å². The molecular weight excluding hydrogens is 486 g/mol. The van der Waals surface area contributed by atoms with Gasteiger partial charge in [0.15, 0.2) is 17.1 Å². The number of aliphatic hydroxyl groups excluding tert-OH is 1. The topological polar surface area (TPSA) is 124 Å². The molecule has 3 aromatic rings. The standard InChI is InChI=1S/C28H39N5O5/c1-16-22(20-11-18-10-19(14-35-7)29-12-21(18)36-20)24(32-25(31-16)30-15-26(2,3)4)33-28-9-8-17(13-34)23(28)37-27(5,6)38-28/h10-12,17,23,34H,8-9,13-15H2,1-7H3,(H2,30,31,32,33). The van der Waals surface area contributed by atoms with Crippen molar-refractivity contribution in [1.82, 2.24) is 15.0 Å². The molecule has 10 nitrogen and oxygen atoms in total. The SMILES string of the molecule is COCc1cc2cc(-c3c(C)nc(NCC(C)(C)C)nc3NC34CCC(CO)C3OC(C)(C)O4)oc2cn1. The lowest BCUT2D eigenvalue weighted by molar-refractivity contribution is -0.168. The van der Waals surface area contributed by atoms with E-state index in [1.165, 1.54) is 0 Å². The molecular formula is C28H39N5O5. The van der Waals surface area contributed by atoms with E-state index in [0.717, 1.165) is 28.8 Å². The molecule has 0 spiro atoms. The van der Waals surface area contributed by atoms with Gasteiger partial charge in [0, 0.05) is 31.6 Å². The van der Waals surface area contributed by atoms with Crippen LogP contribution in [0.3, 0.4) is 0 Å². The maximum atomic E-state index is 10.0. The smallest absolute Gasteiger partial charge is 0.224 e. The molecule has 1 saturated carbocycles. The molecule has 38 heavy (non-hydrogen) atoms. The molecule has 2 fully saturated rings. The van der Waals surface area contributed by atoms with Crippen LogP contribution in [0.25, 0.3) is 22.3 Å². The largest absolute Gasteiger partial charge is 0.454 e. The Kier molecular flexibility index (Phi) is 6.88. The highest BCUT2D eigenvalue weighted by Gasteiger charge is 2.60. The van der Waals surface area contributed by atoms with Crippen molar-refractivity contribution >= 4 is 22.7 Å². The fourth-order valence-electron chi connectivity index (χ4n) is 5.41. The van der Waals surface area contributed by atoms with Gasteiger partial charge >= 0.3 is 0 Å². The van der Waals surface area contributed by atoms with Crippen LogP contribution in [0.2, 0.25) is 0 Å². The Balaban J connectivity index is 1.59. The third kappa shape index (κ3) is 5.22. The molecule has 3 atom stereocenters. The van der Waals surface area contributed by atoms with Crippen LogP contribution in [-0.4, -0.2) is 57.9 Å². The summed E-state index contributed by atoms with van der Waals surface area (Å²) in [5.41, 5.74) is 2.19. The van der Waals surface area contributed by atoms with Crippen LogP contribution in [0.4, 0.5) is 11.8 Å². The van der Waals surface area contributed by atoms with Crippen LogP contribution >= 0.6 is 0 Å². The predicted octanol–water partition coefficient (Wildman–Crippen LogP) is 4.86. The Morgan fingerprint density at radius 2 is 2.00 bits per heavy atom. The fraction of sp³-hybridized carbons (Fsp3) is 0.607. The van der Waals surface area contributed by atoms with Gasteiger partial charge in [0.2, 0.25) is 5.95 Å². The van der Waals surface area contributed by atoms with Crippen molar-refractivity contribution in [3.63, 3.8) is 0 Å². The summed E-state index contributed by atoms with van der Waals surface area (Å²) in [7, 11) is 1.65. The molecule has 3 unspecified atom stereocenters. The first-order valence-corrected chi connectivity index (χ1v) is 13.2. The number of nitrogens with one attached hydrogen (secondary N) is 2. The van der Waals surface area contributed by atoms with Crippen LogP contribution in [0.15, 0.2) is 22.7 Å². The van der Waals surface area contributed by atoms with Crippen molar-refractivity contribution in [3.05, 3.63) is 29.7 Å². The molecule has 0 amide bonds. The van der Waals surface area contributed by atoms with Gasteiger partial charge in [-0.15, -0.1) is 0 Å². The molecule has 0 bridgehead atoms. The van der Waals surface area contributed by atoms with Gasteiger partial charge in [-0.25, -0.2) is 4.98 Å². The zero-order valence-corrected chi connectivity index (χ0v) is 23.3. The number of hydrogen-bond acceptors (Lipinski definition) is 10. The number of ether oxygens (including phenoxy) is 3. The number of nitrogens with zero attached hydrogens (tertiary/aromatic N) is 3. The zero-order valence-electron chi connectivity index (χ0n) is 23.3. The van der Waals surface area contributed by atoms with E-state index in [1.807, 2.05) is 32.9 Å². The van der Waals surface area contributed by atoms with E-state index < -0.39 is 11.5 Å². The van der Waals surface area contributed by atoms with E-state index in [2.05, 4.69) is 36.4 Å². The molecule has 206 valence electrons. The van der Waals surface area contributed by atoms with Gasteiger partial charge in [0.1, 0.15) is 17.7 Å². The summed E-state index contributed by atoms with van der Waals surface area (Å²) in [5, 5.41) is 18.0. The lowest BCUT2D eigenvalue weighted by Gasteiger charge is -2.31. The summed E-state index contributed by atoms with van der Waals surface area (Å²) >= 11 is 0. The maximum Gasteiger partial charge on any atom is 0.224 e. The Bertz CT molecular complexity index is 1320. The van der Waals surface area contributed by atoms with Crippen molar-refractivity contribution < 1.29 is 23.7 Å². The van der Waals surface area contributed by atoms with E-state index in [0.29, 0.717) is 42.7 Å². The number of rotatable bonds is 8. The maximum absolute atomic E-state index is 10.0.